The summed E-state index contributed by atoms with van der Waals surface area (Å²) < 4.78 is 15.1. The highest BCUT2D eigenvalue weighted by atomic mass is 35.5. The number of rotatable bonds is 4. The van der Waals surface area contributed by atoms with Crippen LogP contribution in [0.5, 0.6) is 0 Å². The smallest absolute Gasteiger partial charge is 0.123 e. The number of alkyl halides is 1. The molecule has 0 aliphatic rings. The summed E-state index contributed by atoms with van der Waals surface area (Å²) in [5.74, 6) is 0.356. The van der Waals surface area contributed by atoms with Gasteiger partial charge in [-0.2, -0.15) is 5.10 Å². The lowest BCUT2D eigenvalue weighted by molar-refractivity contribution is 0.616. The van der Waals surface area contributed by atoms with Crippen LogP contribution in [-0.2, 0) is 13.5 Å². The van der Waals surface area contributed by atoms with Crippen molar-refractivity contribution in [1.82, 2.24) is 9.78 Å². The summed E-state index contributed by atoms with van der Waals surface area (Å²) >= 11 is 6.01. The molecule has 2 aromatic rings. The second-order valence-electron chi connectivity index (χ2n) is 4.51. The van der Waals surface area contributed by atoms with Crippen molar-refractivity contribution in [3.05, 3.63) is 53.1 Å². The molecule has 0 aliphatic heterocycles. The second-order valence-corrected chi connectivity index (χ2v) is 4.82. The summed E-state index contributed by atoms with van der Waals surface area (Å²) in [6.07, 6.45) is 0.768. The minimum atomic E-state index is -0.219. The van der Waals surface area contributed by atoms with Gasteiger partial charge in [0.25, 0.3) is 0 Å². The summed E-state index contributed by atoms with van der Waals surface area (Å²) in [4.78, 5) is 0. The molecular formula is C14H16ClFN2. The van der Waals surface area contributed by atoms with E-state index in [0.29, 0.717) is 5.88 Å². The van der Waals surface area contributed by atoms with Crippen LogP contribution in [0.15, 0.2) is 30.3 Å². The van der Waals surface area contributed by atoms with Gasteiger partial charge < -0.3 is 0 Å². The summed E-state index contributed by atoms with van der Waals surface area (Å²) in [5, 5.41) is 4.31. The summed E-state index contributed by atoms with van der Waals surface area (Å²) in [5.41, 5.74) is 3.03. The first kappa shape index (κ1) is 13.1. The molecule has 2 rings (SSSR count). The number of hydrogen-bond donors (Lipinski definition) is 0. The van der Waals surface area contributed by atoms with E-state index in [9.17, 15) is 4.39 Å². The molecule has 18 heavy (non-hydrogen) atoms. The highest BCUT2D eigenvalue weighted by molar-refractivity contribution is 6.18. The van der Waals surface area contributed by atoms with E-state index >= 15 is 0 Å². The van der Waals surface area contributed by atoms with Crippen LogP contribution in [0.4, 0.5) is 4.39 Å². The van der Waals surface area contributed by atoms with Gasteiger partial charge in [0, 0.05) is 24.5 Å². The molecule has 0 fully saturated rings. The first-order chi connectivity index (χ1) is 8.60. The molecule has 4 heteroatoms. The van der Waals surface area contributed by atoms with Gasteiger partial charge in [-0.25, -0.2) is 4.39 Å². The molecule has 0 N–H and O–H groups in total. The zero-order chi connectivity index (χ0) is 13.1. The fourth-order valence-corrected chi connectivity index (χ4v) is 2.42. The molecule has 0 saturated heterocycles. The van der Waals surface area contributed by atoms with Crippen molar-refractivity contribution in [2.75, 3.05) is 5.88 Å². The summed E-state index contributed by atoms with van der Waals surface area (Å²) in [7, 11) is 1.92. The summed E-state index contributed by atoms with van der Waals surface area (Å²) in [6.45, 7) is 1.96. The normalized spacial score (nSPS) is 12.7. The molecule has 1 atom stereocenters. The number of nitrogens with zero attached hydrogens (tertiary/aromatic N) is 2. The fourth-order valence-electron chi connectivity index (χ4n) is 2.13. The predicted octanol–water partition coefficient (Wildman–Crippen LogP) is 3.43. The van der Waals surface area contributed by atoms with Crippen molar-refractivity contribution in [1.29, 1.82) is 0 Å². The van der Waals surface area contributed by atoms with E-state index < -0.39 is 0 Å². The number of benzene rings is 1. The first-order valence-corrected chi connectivity index (χ1v) is 6.44. The lowest BCUT2D eigenvalue weighted by Gasteiger charge is -2.14. The Balaban J connectivity index is 2.22. The van der Waals surface area contributed by atoms with Crippen molar-refractivity contribution in [2.45, 2.75) is 19.3 Å². The minimum absolute atomic E-state index is 0.108. The van der Waals surface area contributed by atoms with Gasteiger partial charge in [-0.1, -0.05) is 12.1 Å². The maximum Gasteiger partial charge on any atom is 0.123 e. The fraction of sp³-hybridized carbons (Fsp3) is 0.357. The predicted molar refractivity (Wildman–Crippen MR) is 71.5 cm³/mol. The van der Waals surface area contributed by atoms with Crippen molar-refractivity contribution in [3.8, 4) is 0 Å². The maximum absolute atomic E-state index is 13.2. The van der Waals surface area contributed by atoms with Crippen molar-refractivity contribution in [3.63, 3.8) is 0 Å². The van der Waals surface area contributed by atoms with Gasteiger partial charge in [-0.05, 0) is 37.1 Å². The van der Waals surface area contributed by atoms with E-state index in [4.69, 9.17) is 11.6 Å². The molecular weight excluding hydrogens is 251 g/mol. The Morgan fingerprint density at radius 2 is 2.17 bits per heavy atom. The lowest BCUT2D eigenvalue weighted by Crippen LogP contribution is -2.08. The van der Waals surface area contributed by atoms with Crippen molar-refractivity contribution >= 4 is 11.6 Å². The Bertz CT molecular complexity index is 536. The SMILES string of the molecule is Cc1cc(CC(CCl)c2cccc(F)c2)n(C)n1. The third kappa shape index (κ3) is 2.91. The Morgan fingerprint density at radius 1 is 1.39 bits per heavy atom. The van der Waals surface area contributed by atoms with E-state index in [1.165, 1.54) is 6.07 Å². The Labute approximate surface area is 111 Å². The van der Waals surface area contributed by atoms with Crippen LogP contribution in [0.2, 0.25) is 0 Å². The molecule has 1 aromatic heterocycles. The molecule has 0 radical (unpaired) electrons. The number of halogens is 2. The van der Waals surface area contributed by atoms with Gasteiger partial charge >= 0.3 is 0 Å². The highest BCUT2D eigenvalue weighted by Crippen LogP contribution is 2.23. The van der Waals surface area contributed by atoms with Crippen LogP contribution in [0.1, 0.15) is 22.9 Å². The zero-order valence-electron chi connectivity index (χ0n) is 10.5. The lowest BCUT2D eigenvalue weighted by atomic mass is 9.96. The topological polar surface area (TPSA) is 17.8 Å². The first-order valence-electron chi connectivity index (χ1n) is 5.91. The molecule has 0 aliphatic carbocycles. The van der Waals surface area contributed by atoms with E-state index in [1.54, 1.807) is 12.1 Å². The van der Waals surface area contributed by atoms with Gasteiger partial charge in [0.1, 0.15) is 5.82 Å². The van der Waals surface area contributed by atoms with Crippen LogP contribution in [0, 0.1) is 12.7 Å². The molecule has 0 spiro atoms. The van der Waals surface area contributed by atoms with Gasteiger partial charge in [-0.3, -0.25) is 4.68 Å². The number of aryl methyl sites for hydroxylation is 2. The third-order valence-corrected chi connectivity index (χ3v) is 3.43. The van der Waals surface area contributed by atoms with Gasteiger partial charge in [0.15, 0.2) is 0 Å². The van der Waals surface area contributed by atoms with Gasteiger partial charge in [-0.15, -0.1) is 11.6 Å². The van der Waals surface area contributed by atoms with Crippen LogP contribution in [0.25, 0.3) is 0 Å². The van der Waals surface area contributed by atoms with E-state index in [0.717, 1.165) is 23.4 Å². The van der Waals surface area contributed by atoms with E-state index in [-0.39, 0.29) is 11.7 Å². The number of aromatic nitrogens is 2. The average Bonchev–Trinajstić information content (AvgIpc) is 2.64. The quantitative estimate of drug-likeness (QED) is 0.776. The van der Waals surface area contributed by atoms with Crippen LogP contribution >= 0.6 is 11.6 Å². The molecule has 0 amide bonds. The molecule has 0 saturated carbocycles. The third-order valence-electron chi connectivity index (χ3n) is 3.06. The van der Waals surface area contributed by atoms with E-state index in [1.807, 2.05) is 30.8 Å². The Morgan fingerprint density at radius 3 is 2.72 bits per heavy atom. The molecule has 1 unspecified atom stereocenters. The Kier molecular flexibility index (Phi) is 4.02. The molecule has 2 nitrogen and oxygen atoms in total. The van der Waals surface area contributed by atoms with Crippen molar-refractivity contribution < 1.29 is 4.39 Å². The van der Waals surface area contributed by atoms with Crippen LogP contribution in [0.3, 0.4) is 0 Å². The minimum Gasteiger partial charge on any atom is -0.272 e. The van der Waals surface area contributed by atoms with Crippen LogP contribution in [-0.4, -0.2) is 15.7 Å². The van der Waals surface area contributed by atoms with Crippen LogP contribution < -0.4 is 0 Å². The molecule has 96 valence electrons. The van der Waals surface area contributed by atoms with E-state index in [2.05, 4.69) is 5.10 Å². The molecule has 0 bridgehead atoms. The Hall–Kier alpha value is -1.35. The molecule has 1 heterocycles. The number of hydrogen-bond acceptors (Lipinski definition) is 1. The highest BCUT2D eigenvalue weighted by Gasteiger charge is 2.14. The standard InChI is InChI=1S/C14H16ClFN2/c1-10-6-14(18(2)17-10)8-12(9-15)11-4-3-5-13(16)7-11/h3-7,12H,8-9H2,1-2H3. The average molecular weight is 267 g/mol. The van der Waals surface area contributed by atoms with Gasteiger partial charge in [0.05, 0.1) is 5.69 Å². The summed E-state index contributed by atoms with van der Waals surface area (Å²) in [6, 6.07) is 8.68. The second kappa shape index (κ2) is 5.53. The maximum atomic E-state index is 13.2. The van der Waals surface area contributed by atoms with Gasteiger partial charge in [0.2, 0.25) is 0 Å². The molecule has 1 aromatic carbocycles. The van der Waals surface area contributed by atoms with Crippen molar-refractivity contribution in [2.24, 2.45) is 7.05 Å². The monoisotopic (exact) mass is 266 g/mol. The zero-order valence-corrected chi connectivity index (χ0v) is 11.3. The largest absolute Gasteiger partial charge is 0.272 e.